The molecule has 0 aliphatic heterocycles. The standard InChI is InChI=1S/C25H27FN2O3S/c1-4-23(28(32(3,30)31)22-16-14-21(26)15-17-22)25(29)27-24(19-8-6-5-7-9-19)20-12-10-18(2)11-13-20/h5-17,23-24H,4H2,1-3H3,(H,27,29)/t23-,24-/m0/s1. The van der Waals surface area contributed by atoms with E-state index in [1.165, 1.54) is 24.3 Å². The summed E-state index contributed by atoms with van der Waals surface area (Å²) >= 11 is 0. The zero-order valence-corrected chi connectivity index (χ0v) is 19.1. The lowest BCUT2D eigenvalue weighted by Gasteiger charge is -2.31. The fraction of sp³-hybridized carbons (Fsp3) is 0.240. The second-order valence-corrected chi connectivity index (χ2v) is 9.58. The van der Waals surface area contributed by atoms with Gasteiger partial charge in [0.25, 0.3) is 0 Å². The van der Waals surface area contributed by atoms with E-state index in [0.29, 0.717) is 0 Å². The minimum Gasteiger partial charge on any atom is -0.343 e. The number of hydrogen-bond acceptors (Lipinski definition) is 3. The lowest BCUT2D eigenvalue weighted by atomic mass is 9.97. The first kappa shape index (κ1) is 23.5. The number of carbonyl (C=O) groups is 1. The normalized spacial score (nSPS) is 13.2. The summed E-state index contributed by atoms with van der Waals surface area (Å²) in [4.78, 5) is 13.4. The monoisotopic (exact) mass is 454 g/mol. The Kier molecular flexibility index (Phi) is 7.30. The molecule has 1 amide bonds. The Balaban J connectivity index is 1.98. The van der Waals surface area contributed by atoms with Crippen LogP contribution >= 0.6 is 0 Å². The van der Waals surface area contributed by atoms with Gasteiger partial charge in [0, 0.05) is 0 Å². The van der Waals surface area contributed by atoms with E-state index < -0.39 is 33.8 Å². The summed E-state index contributed by atoms with van der Waals surface area (Å²) in [5.41, 5.74) is 3.10. The van der Waals surface area contributed by atoms with Gasteiger partial charge in [0.05, 0.1) is 18.0 Å². The second kappa shape index (κ2) is 9.96. The Morgan fingerprint density at radius 3 is 2.03 bits per heavy atom. The molecule has 1 N–H and O–H groups in total. The van der Waals surface area contributed by atoms with Gasteiger partial charge in [0.2, 0.25) is 15.9 Å². The quantitative estimate of drug-likeness (QED) is 0.542. The lowest BCUT2D eigenvalue weighted by Crippen LogP contribution is -2.50. The smallest absolute Gasteiger partial charge is 0.244 e. The zero-order chi connectivity index (χ0) is 23.3. The van der Waals surface area contributed by atoms with Gasteiger partial charge in [-0.25, -0.2) is 12.8 Å². The average Bonchev–Trinajstić information content (AvgIpc) is 2.77. The van der Waals surface area contributed by atoms with E-state index in [9.17, 15) is 17.6 Å². The lowest BCUT2D eigenvalue weighted by molar-refractivity contribution is -0.122. The van der Waals surface area contributed by atoms with E-state index in [1.807, 2.05) is 61.5 Å². The Bertz CT molecular complexity index is 1150. The van der Waals surface area contributed by atoms with E-state index in [4.69, 9.17) is 0 Å². The van der Waals surface area contributed by atoms with Gasteiger partial charge in [0.1, 0.15) is 11.9 Å². The average molecular weight is 455 g/mol. The molecule has 5 nitrogen and oxygen atoms in total. The first-order chi connectivity index (χ1) is 15.2. The minimum atomic E-state index is -3.81. The third kappa shape index (κ3) is 5.53. The maximum absolute atomic E-state index is 13.4. The van der Waals surface area contributed by atoms with Gasteiger partial charge in [-0.3, -0.25) is 9.10 Å². The van der Waals surface area contributed by atoms with Crippen molar-refractivity contribution in [3.8, 4) is 0 Å². The van der Waals surface area contributed by atoms with Gasteiger partial charge in [-0.15, -0.1) is 0 Å². The predicted molar refractivity (Wildman–Crippen MR) is 125 cm³/mol. The third-order valence-electron chi connectivity index (χ3n) is 5.24. The first-order valence-electron chi connectivity index (χ1n) is 10.4. The molecule has 168 valence electrons. The molecule has 0 aliphatic carbocycles. The van der Waals surface area contributed by atoms with Crippen LogP contribution in [0.15, 0.2) is 78.9 Å². The van der Waals surface area contributed by atoms with Crippen LogP contribution in [0.1, 0.15) is 36.1 Å². The number of rotatable bonds is 8. The van der Waals surface area contributed by atoms with Crippen molar-refractivity contribution in [2.75, 3.05) is 10.6 Å². The van der Waals surface area contributed by atoms with Crippen molar-refractivity contribution in [2.24, 2.45) is 0 Å². The molecule has 0 spiro atoms. The van der Waals surface area contributed by atoms with E-state index >= 15 is 0 Å². The van der Waals surface area contributed by atoms with Crippen molar-refractivity contribution in [1.29, 1.82) is 0 Å². The highest BCUT2D eigenvalue weighted by Gasteiger charge is 2.33. The molecule has 0 heterocycles. The summed E-state index contributed by atoms with van der Waals surface area (Å²) in [7, 11) is -3.81. The fourth-order valence-corrected chi connectivity index (χ4v) is 4.86. The number of amides is 1. The molecule has 3 rings (SSSR count). The molecule has 0 radical (unpaired) electrons. The molecule has 0 aromatic heterocycles. The Morgan fingerprint density at radius 2 is 1.50 bits per heavy atom. The summed E-state index contributed by atoms with van der Waals surface area (Å²) in [6, 6.07) is 21.0. The first-order valence-corrected chi connectivity index (χ1v) is 12.2. The number of halogens is 1. The molecular formula is C25H27FN2O3S. The number of aryl methyl sites for hydroxylation is 1. The molecule has 2 atom stereocenters. The molecule has 3 aromatic rings. The van der Waals surface area contributed by atoms with Crippen molar-refractivity contribution >= 4 is 21.6 Å². The van der Waals surface area contributed by atoms with Crippen LogP contribution in [0.25, 0.3) is 0 Å². The number of nitrogens with zero attached hydrogens (tertiary/aromatic N) is 1. The van der Waals surface area contributed by atoms with Gasteiger partial charge in [-0.2, -0.15) is 0 Å². The molecule has 3 aromatic carbocycles. The Hall–Kier alpha value is -3.19. The Morgan fingerprint density at radius 1 is 0.938 bits per heavy atom. The van der Waals surface area contributed by atoms with Crippen molar-refractivity contribution < 1.29 is 17.6 Å². The molecule has 0 unspecified atom stereocenters. The van der Waals surface area contributed by atoms with Crippen molar-refractivity contribution in [2.45, 2.75) is 32.4 Å². The van der Waals surface area contributed by atoms with Gasteiger partial charge in [-0.05, 0) is 48.7 Å². The van der Waals surface area contributed by atoms with E-state index in [2.05, 4.69) is 5.32 Å². The maximum Gasteiger partial charge on any atom is 0.244 e. The van der Waals surface area contributed by atoms with E-state index in [0.717, 1.165) is 27.3 Å². The summed E-state index contributed by atoms with van der Waals surface area (Å²) in [5.74, 6) is -0.917. The van der Waals surface area contributed by atoms with Crippen LogP contribution < -0.4 is 9.62 Å². The topological polar surface area (TPSA) is 66.5 Å². The van der Waals surface area contributed by atoms with Crippen LogP contribution in [0.4, 0.5) is 10.1 Å². The molecule has 0 fully saturated rings. The number of nitrogens with one attached hydrogen (secondary N) is 1. The van der Waals surface area contributed by atoms with Gasteiger partial charge in [-0.1, -0.05) is 67.1 Å². The van der Waals surface area contributed by atoms with Crippen LogP contribution in [0.5, 0.6) is 0 Å². The molecular weight excluding hydrogens is 427 g/mol. The highest BCUT2D eigenvalue weighted by molar-refractivity contribution is 7.92. The van der Waals surface area contributed by atoms with E-state index in [1.54, 1.807) is 6.92 Å². The molecule has 32 heavy (non-hydrogen) atoms. The van der Waals surface area contributed by atoms with Gasteiger partial charge in [0.15, 0.2) is 0 Å². The molecule has 0 saturated carbocycles. The third-order valence-corrected chi connectivity index (χ3v) is 6.42. The molecule has 7 heteroatoms. The highest BCUT2D eigenvalue weighted by Crippen LogP contribution is 2.26. The zero-order valence-electron chi connectivity index (χ0n) is 18.3. The second-order valence-electron chi connectivity index (χ2n) is 7.72. The fourth-order valence-electron chi connectivity index (χ4n) is 3.65. The Labute approximate surface area is 188 Å². The predicted octanol–water partition coefficient (Wildman–Crippen LogP) is 4.58. The van der Waals surface area contributed by atoms with Crippen LogP contribution in [0.3, 0.4) is 0 Å². The number of carbonyl (C=O) groups excluding carboxylic acids is 1. The van der Waals surface area contributed by atoms with Gasteiger partial charge >= 0.3 is 0 Å². The van der Waals surface area contributed by atoms with Crippen LogP contribution in [0.2, 0.25) is 0 Å². The summed E-state index contributed by atoms with van der Waals surface area (Å²) < 4.78 is 39.7. The maximum atomic E-state index is 13.4. The van der Waals surface area contributed by atoms with Crippen molar-refractivity contribution in [3.05, 3.63) is 101 Å². The SMILES string of the molecule is CC[C@@H](C(=O)N[C@@H](c1ccccc1)c1ccc(C)cc1)N(c1ccc(F)cc1)S(C)(=O)=O. The highest BCUT2D eigenvalue weighted by atomic mass is 32.2. The van der Waals surface area contributed by atoms with Crippen molar-refractivity contribution in [1.82, 2.24) is 5.32 Å². The molecule has 0 aliphatic rings. The number of hydrogen-bond donors (Lipinski definition) is 1. The van der Waals surface area contributed by atoms with Gasteiger partial charge < -0.3 is 5.32 Å². The molecule has 0 saturated heterocycles. The molecule has 0 bridgehead atoms. The summed E-state index contributed by atoms with van der Waals surface area (Å²) in [5, 5.41) is 3.03. The number of benzene rings is 3. The van der Waals surface area contributed by atoms with E-state index in [-0.39, 0.29) is 12.1 Å². The minimum absolute atomic E-state index is 0.238. The van der Waals surface area contributed by atoms with Crippen LogP contribution in [0, 0.1) is 12.7 Å². The number of anilines is 1. The van der Waals surface area contributed by atoms with Crippen LogP contribution in [-0.2, 0) is 14.8 Å². The van der Waals surface area contributed by atoms with Crippen LogP contribution in [-0.4, -0.2) is 26.6 Å². The summed E-state index contributed by atoms with van der Waals surface area (Å²) in [6.07, 6.45) is 1.28. The van der Waals surface area contributed by atoms with Crippen molar-refractivity contribution in [3.63, 3.8) is 0 Å². The number of sulfonamides is 1. The summed E-state index contributed by atoms with van der Waals surface area (Å²) in [6.45, 7) is 3.73. The largest absolute Gasteiger partial charge is 0.343 e.